The van der Waals surface area contributed by atoms with Crippen molar-refractivity contribution in [3.63, 3.8) is 0 Å². The lowest BCUT2D eigenvalue weighted by Gasteiger charge is -2.01. The molecular weight excluding hydrogens is 88.1 g/mol. The average Bonchev–Trinajstić information content (AvgIpc) is 1.68. The van der Waals surface area contributed by atoms with Gasteiger partial charge in [0.15, 0.2) is 0 Å². The van der Waals surface area contributed by atoms with Gasteiger partial charge in [0.05, 0.1) is 0 Å². The minimum Gasteiger partial charge on any atom is -0.396 e. The van der Waals surface area contributed by atoms with Gasteiger partial charge in [-0.3, -0.25) is 0 Å². The summed E-state index contributed by atoms with van der Waals surface area (Å²) in [6.45, 7) is 6.08. The molecule has 0 aliphatic rings. The second kappa shape index (κ2) is 4.13. The number of hydrogen-bond donors (Lipinski definition) is 1. The third kappa shape index (κ3) is 3.80. The molecule has 0 aromatic carbocycles. The first-order valence-electron chi connectivity index (χ1n) is 2.71. The first-order chi connectivity index (χ1) is 3.31. The van der Waals surface area contributed by atoms with Crippen molar-refractivity contribution in [3.05, 3.63) is 6.92 Å². The molecule has 0 rings (SSSR count). The highest BCUT2D eigenvalue weighted by molar-refractivity contribution is 4.51. The van der Waals surface area contributed by atoms with Crippen LogP contribution in [0.4, 0.5) is 0 Å². The van der Waals surface area contributed by atoms with E-state index in [0.29, 0.717) is 12.5 Å². The third-order valence-corrected chi connectivity index (χ3v) is 1.11. The Hall–Kier alpha value is -0.0400. The van der Waals surface area contributed by atoms with Crippen LogP contribution >= 0.6 is 0 Å². The molecule has 43 valence electrons. The van der Waals surface area contributed by atoms with Crippen LogP contribution in [0, 0.1) is 12.8 Å². The summed E-state index contributed by atoms with van der Waals surface area (Å²) >= 11 is 0. The summed E-state index contributed by atoms with van der Waals surface area (Å²) in [5, 5.41) is 8.34. The van der Waals surface area contributed by atoms with Gasteiger partial charge in [-0.1, -0.05) is 20.3 Å². The maximum atomic E-state index is 8.34. The van der Waals surface area contributed by atoms with Gasteiger partial charge in [0.1, 0.15) is 0 Å². The van der Waals surface area contributed by atoms with Crippen molar-refractivity contribution in [2.24, 2.45) is 5.92 Å². The van der Waals surface area contributed by atoms with Crippen LogP contribution in [-0.4, -0.2) is 11.7 Å². The number of aliphatic hydroxyl groups excluding tert-OH is 1. The van der Waals surface area contributed by atoms with E-state index in [1.807, 2.05) is 0 Å². The molecule has 1 nitrogen and oxygen atoms in total. The Morgan fingerprint density at radius 2 is 2.29 bits per heavy atom. The summed E-state index contributed by atoms with van der Waals surface area (Å²) in [4.78, 5) is 0. The smallest absolute Gasteiger partial charge is 0.0433 e. The quantitative estimate of drug-likeness (QED) is 0.567. The van der Waals surface area contributed by atoms with Crippen LogP contribution < -0.4 is 0 Å². The number of rotatable bonds is 3. The molecular formula is C6H13O. The molecule has 0 bridgehead atoms. The predicted octanol–water partition coefficient (Wildman–Crippen LogP) is 1.23. The monoisotopic (exact) mass is 101 g/mol. The zero-order valence-corrected chi connectivity index (χ0v) is 4.85. The molecule has 0 saturated carbocycles. The summed E-state index contributed by atoms with van der Waals surface area (Å²) < 4.78 is 0. The van der Waals surface area contributed by atoms with E-state index in [4.69, 9.17) is 5.11 Å². The maximum absolute atomic E-state index is 8.34. The Labute approximate surface area is 45.4 Å². The highest BCUT2D eigenvalue weighted by Crippen LogP contribution is 2.03. The molecule has 0 saturated heterocycles. The van der Waals surface area contributed by atoms with Crippen LogP contribution in [0.2, 0.25) is 0 Å². The van der Waals surface area contributed by atoms with E-state index in [2.05, 4.69) is 13.8 Å². The molecule has 0 heterocycles. The zero-order chi connectivity index (χ0) is 5.70. The van der Waals surface area contributed by atoms with Gasteiger partial charge in [-0.25, -0.2) is 0 Å². The van der Waals surface area contributed by atoms with Gasteiger partial charge in [-0.15, -0.1) is 0 Å². The lowest BCUT2D eigenvalue weighted by Crippen LogP contribution is -1.94. The molecule has 0 aromatic heterocycles. The number of hydrogen-bond acceptors (Lipinski definition) is 1. The zero-order valence-electron chi connectivity index (χ0n) is 4.85. The van der Waals surface area contributed by atoms with Crippen molar-refractivity contribution in [1.29, 1.82) is 0 Å². The van der Waals surface area contributed by atoms with Gasteiger partial charge in [0.25, 0.3) is 0 Å². The van der Waals surface area contributed by atoms with E-state index < -0.39 is 0 Å². The standard InChI is InChI=1S/C6H13O/c1-3-6(2)4-5-7/h6-7H,1,3-5H2,2H3/t6-/m0/s1. The summed E-state index contributed by atoms with van der Waals surface area (Å²) in [5.74, 6) is 0.588. The third-order valence-electron chi connectivity index (χ3n) is 1.11. The Morgan fingerprint density at radius 3 is 2.43 bits per heavy atom. The molecule has 1 atom stereocenters. The lowest BCUT2D eigenvalue weighted by molar-refractivity contribution is 0.263. The summed E-state index contributed by atoms with van der Waals surface area (Å²) in [7, 11) is 0. The Kier molecular flexibility index (Phi) is 4.10. The highest BCUT2D eigenvalue weighted by Gasteiger charge is 1.93. The molecule has 0 aliphatic carbocycles. The van der Waals surface area contributed by atoms with Crippen molar-refractivity contribution in [3.8, 4) is 0 Å². The topological polar surface area (TPSA) is 20.2 Å². The van der Waals surface area contributed by atoms with Crippen molar-refractivity contribution in [1.82, 2.24) is 0 Å². The van der Waals surface area contributed by atoms with Crippen molar-refractivity contribution in [2.45, 2.75) is 19.8 Å². The van der Waals surface area contributed by atoms with Crippen LogP contribution in [0.25, 0.3) is 0 Å². The molecule has 0 unspecified atom stereocenters. The summed E-state index contributed by atoms with van der Waals surface area (Å²) in [6.07, 6.45) is 1.82. The maximum Gasteiger partial charge on any atom is 0.0433 e. The minimum atomic E-state index is 0.302. The van der Waals surface area contributed by atoms with E-state index in [1.165, 1.54) is 0 Å². The normalized spacial score (nSPS) is 14.1. The molecule has 1 heteroatoms. The van der Waals surface area contributed by atoms with Crippen LogP contribution in [-0.2, 0) is 0 Å². The SMILES string of the molecule is [CH2]C[C@H](C)CCO. The molecule has 1 radical (unpaired) electrons. The molecule has 1 N–H and O–H groups in total. The Bertz CT molecular complexity index is 35.2. The van der Waals surface area contributed by atoms with Crippen LogP contribution in [0.15, 0.2) is 0 Å². The molecule has 0 fully saturated rings. The van der Waals surface area contributed by atoms with Gasteiger partial charge in [-0.2, -0.15) is 0 Å². The minimum absolute atomic E-state index is 0.302. The highest BCUT2D eigenvalue weighted by atomic mass is 16.2. The second-order valence-corrected chi connectivity index (χ2v) is 1.91. The van der Waals surface area contributed by atoms with E-state index >= 15 is 0 Å². The van der Waals surface area contributed by atoms with Gasteiger partial charge in [0, 0.05) is 6.61 Å². The fourth-order valence-corrected chi connectivity index (χ4v) is 0.365. The Morgan fingerprint density at radius 1 is 1.71 bits per heavy atom. The first kappa shape index (κ1) is 6.96. The molecule has 0 spiro atoms. The Balaban J connectivity index is 2.83. The summed E-state index contributed by atoms with van der Waals surface area (Å²) in [6, 6.07) is 0. The van der Waals surface area contributed by atoms with Crippen LogP contribution in [0.3, 0.4) is 0 Å². The van der Waals surface area contributed by atoms with Crippen LogP contribution in [0.5, 0.6) is 0 Å². The summed E-state index contributed by atoms with van der Waals surface area (Å²) in [5.41, 5.74) is 0. The van der Waals surface area contributed by atoms with Crippen LogP contribution in [0.1, 0.15) is 19.8 Å². The average molecular weight is 101 g/mol. The van der Waals surface area contributed by atoms with E-state index in [0.717, 1.165) is 12.8 Å². The fraction of sp³-hybridized carbons (Fsp3) is 0.833. The predicted molar refractivity (Wildman–Crippen MR) is 30.8 cm³/mol. The van der Waals surface area contributed by atoms with Crippen molar-refractivity contribution >= 4 is 0 Å². The van der Waals surface area contributed by atoms with E-state index in [9.17, 15) is 0 Å². The largest absolute Gasteiger partial charge is 0.396 e. The molecule has 0 aromatic rings. The molecule has 7 heavy (non-hydrogen) atoms. The van der Waals surface area contributed by atoms with Gasteiger partial charge in [-0.05, 0) is 12.3 Å². The first-order valence-corrected chi connectivity index (χ1v) is 2.71. The van der Waals surface area contributed by atoms with Gasteiger partial charge < -0.3 is 5.11 Å². The fourth-order valence-electron chi connectivity index (χ4n) is 0.365. The molecule has 0 amide bonds. The van der Waals surface area contributed by atoms with Gasteiger partial charge >= 0.3 is 0 Å². The molecule has 0 aliphatic heterocycles. The van der Waals surface area contributed by atoms with E-state index in [-0.39, 0.29) is 0 Å². The van der Waals surface area contributed by atoms with Crippen molar-refractivity contribution in [2.75, 3.05) is 6.61 Å². The second-order valence-electron chi connectivity index (χ2n) is 1.91. The van der Waals surface area contributed by atoms with Gasteiger partial charge in [0.2, 0.25) is 0 Å². The number of aliphatic hydroxyl groups is 1. The lowest BCUT2D eigenvalue weighted by atomic mass is 10.1. The van der Waals surface area contributed by atoms with Crippen molar-refractivity contribution < 1.29 is 5.11 Å². The van der Waals surface area contributed by atoms with E-state index in [1.54, 1.807) is 0 Å².